The van der Waals surface area contributed by atoms with Crippen molar-refractivity contribution in [2.45, 2.75) is 44.6 Å². The van der Waals surface area contributed by atoms with Gasteiger partial charge in [-0.25, -0.2) is 9.97 Å². The van der Waals surface area contributed by atoms with E-state index >= 15 is 0 Å². The Hall–Kier alpha value is -3.53. The van der Waals surface area contributed by atoms with Crippen LogP contribution in [0.3, 0.4) is 0 Å². The van der Waals surface area contributed by atoms with Crippen LogP contribution in [0.2, 0.25) is 0 Å². The number of benzene rings is 1. The van der Waals surface area contributed by atoms with Gasteiger partial charge in [0.05, 0.1) is 11.9 Å². The Morgan fingerprint density at radius 1 is 1.18 bits per heavy atom. The number of amides is 2. The number of aryl methyl sites for hydroxylation is 1. The minimum absolute atomic E-state index is 0.0115. The van der Waals surface area contributed by atoms with Crippen molar-refractivity contribution in [2.75, 3.05) is 23.3 Å². The molecule has 10 heteroatoms. The van der Waals surface area contributed by atoms with Crippen molar-refractivity contribution in [3.63, 3.8) is 0 Å². The van der Waals surface area contributed by atoms with Gasteiger partial charge >= 0.3 is 0 Å². The molecule has 1 aliphatic carbocycles. The summed E-state index contributed by atoms with van der Waals surface area (Å²) in [6, 6.07) is 9.81. The number of primary amides is 1. The van der Waals surface area contributed by atoms with Crippen LogP contribution in [0.15, 0.2) is 36.5 Å². The highest BCUT2D eigenvalue weighted by Crippen LogP contribution is 2.39. The van der Waals surface area contributed by atoms with Crippen molar-refractivity contribution >= 4 is 40.0 Å². The van der Waals surface area contributed by atoms with Crippen molar-refractivity contribution in [1.82, 2.24) is 19.7 Å². The minimum atomic E-state index is -0.653. The van der Waals surface area contributed by atoms with Crippen LogP contribution in [-0.2, 0) is 0 Å². The van der Waals surface area contributed by atoms with E-state index in [9.17, 15) is 9.59 Å². The van der Waals surface area contributed by atoms with Gasteiger partial charge in [-0.2, -0.15) is 4.37 Å². The molecule has 1 saturated carbocycles. The second-order valence-corrected chi connectivity index (χ2v) is 9.71. The molecule has 0 unspecified atom stereocenters. The van der Waals surface area contributed by atoms with E-state index in [2.05, 4.69) is 42.0 Å². The first-order valence-corrected chi connectivity index (χ1v) is 12.3. The smallest absolute Gasteiger partial charge is 0.271 e. The van der Waals surface area contributed by atoms with Gasteiger partial charge in [-0.05, 0) is 73.8 Å². The van der Waals surface area contributed by atoms with Crippen molar-refractivity contribution in [2.24, 2.45) is 5.73 Å². The van der Waals surface area contributed by atoms with E-state index < -0.39 is 5.91 Å². The zero-order chi connectivity index (χ0) is 23.7. The summed E-state index contributed by atoms with van der Waals surface area (Å²) < 4.78 is 4.24. The van der Waals surface area contributed by atoms with E-state index in [1.54, 1.807) is 6.20 Å². The molecular formula is C24H27N7O2S. The maximum atomic E-state index is 12.8. The van der Waals surface area contributed by atoms with Gasteiger partial charge in [-0.1, -0.05) is 12.1 Å². The quantitative estimate of drug-likeness (QED) is 0.476. The Kier molecular flexibility index (Phi) is 6.14. The molecule has 2 aromatic heterocycles. The Balaban J connectivity index is 1.28. The summed E-state index contributed by atoms with van der Waals surface area (Å²) in [6.07, 6.45) is 5.84. The van der Waals surface area contributed by atoms with Crippen molar-refractivity contribution in [1.29, 1.82) is 0 Å². The van der Waals surface area contributed by atoms with Gasteiger partial charge in [0.1, 0.15) is 10.8 Å². The van der Waals surface area contributed by atoms with Crippen LogP contribution in [0, 0.1) is 6.92 Å². The van der Waals surface area contributed by atoms with E-state index in [0.29, 0.717) is 29.7 Å². The number of carbonyl (C=O) groups is 2. The Labute approximate surface area is 202 Å². The fraction of sp³-hybridized carbons (Fsp3) is 0.375. The summed E-state index contributed by atoms with van der Waals surface area (Å²) in [4.78, 5) is 35.7. The summed E-state index contributed by atoms with van der Waals surface area (Å²) >= 11 is 1.28. The third-order valence-corrected chi connectivity index (χ3v) is 6.96. The molecule has 1 saturated heterocycles. The molecular weight excluding hydrogens is 450 g/mol. The summed E-state index contributed by atoms with van der Waals surface area (Å²) in [5.41, 5.74) is 8.45. The number of rotatable bonds is 7. The van der Waals surface area contributed by atoms with Gasteiger partial charge in [-0.3, -0.25) is 9.59 Å². The molecule has 2 amide bonds. The lowest BCUT2D eigenvalue weighted by molar-refractivity contribution is 0.0932. The van der Waals surface area contributed by atoms with E-state index in [1.165, 1.54) is 29.9 Å². The van der Waals surface area contributed by atoms with Gasteiger partial charge in [0.15, 0.2) is 11.5 Å². The highest BCUT2D eigenvalue weighted by atomic mass is 32.1. The van der Waals surface area contributed by atoms with Gasteiger partial charge in [0.2, 0.25) is 0 Å². The molecule has 0 spiro atoms. The SMILES string of the molecule is Cc1cc(Nc2nc(N3CCC[C@@H](NC(=O)c4ccc(C5CC5)cc4)C3)cnc2C(N)=O)sn1. The number of aromatic nitrogens is 3. The molecule has 1 aliphatic heterocycles. The highest BCUT2D eigenvalue weighted by molar-refractivity contribution is 7.10. The highest BCUT2D eigenvalue weighted by Gasteiger charge is 2.26. The number of anilines is 3. The molecule has 0 radical (unpaired) electrons. The summed E-state index contributed by atoms with van der Waals surface area (Å²) in [5, 5.41) is 7.03. The predicted octanol–water partition coefficient (Wildman–Crippen LogP) is 3.36. The molecule has 5 rings (SSSR count). The first-order valence-electron chi connectivity index (χ1n) is 11.5. The van der Waals surface area contributed by atoms with E-state index in [1.807, 2.05) is 25.1 Å². The standard InChI is InChI=1S/C24H27N7O2S/c1-14-11-20(34-30-14)29-23-21(22(25)32)26-12-19(28-23)31-10-2-3-18(13-31)27-24(33)17-8-6-16(7-9-17)15-4-5-15/h6-9,11-12,15,18H,2-5,10,13H2,1H3,(H2,25,32)(H,27,33)(H,28,29)/t18-/m1/s1. The molecule has 9 nitrogen and oxygen atoms in total. The maximum absolute atomic E-state index is 12.8. The lowest BCUT2D eigenvalue weighted by Gasteiger charge is -2.34. The zero-order valence-corrected chi connectivity index (χ0v) is 19.8. The van der Waals surface area contributed by atoms with Crippen LogP contribution in [0.1, 0.15) is 63.7 Å². The number of hydrogen-bond acceptors (Lipinski definition) is 8. The lowest BCUT2D eigenvalue weighted by atomic mass is 10.0. The van der Waals surface area contributed by atoms with Crippen molar-refractivity contribution in [3.8, 4) is 0 Å². The van der Waals surface area contributed by atoms with Crippen LogP contribution in [0.25, 0.3) is 0 Å². The van der Waals surface area contributed by atoms with Gasteiger partial charge in [-0.15, -0.1) is 0 Å². The average Bonchev–Trinajstić information content (AvgIpc) is 3.61. The normalized spacial score (nSPS) is 17.9. The average molecular weight is 478 g/mol. The molecule has 4 N–H and O–H groups in total. The topological polar surface area (TPSA) is 126 Å². The second kappa shape index (κ2) is 9.38. The first-order chi connectivity index (χ1) is 16.5. The number of hydrogen-bond donors (Lipinski definition) is 3. The van der Waals surface area contributed by atoms with Gasteiger partial charge < -0.3 is 21.3 Å². The van der Waals surface area contributed by atoms with Gasteiger partial charge in [0.25, 0.3) is 11.8 Å². The number of nitrogens with one attached hydrogen (secondary N) is 2. The van der Waals surface area contributed by atoms with Crippen molar-refractivity contribution < 1.29 is 9.59 Å². The van der Waals surface area contributed by atoms with Crippen LogP contribution >= 0.6 is 11.5 Å². The van der Waals surface area contributed by atoms with E-state index in [0.717, 1.165) is 30.1 Å². The van der Waals surface area contributed by atoms with E-state index in [4.69, 9.17) is 5.73 Å². The maximum Gasteiger partial charge on any atom is 0.271 e. The molecule has 2 fully saturated rings. The molecule has 2 aliphatic rings. The zero-order valence-electron chi connectivity index (χ0n) is 19.0. The summed E-state index contributed by atoms with van der Waals surface area (Å²) in [7, 11) is 0. The van der Waals surface area contributed by atoms with Gasteiger partial charge in [0, 0.05) is 24.7 Å². The van der Waals surface area contributed by atoms with E-state index in [-0.39, 0.29) is 17.6 Å². The fourth-order valence-corrected chi connectivity index (χ4v) is 4.89. The predicted molar refractivity (Wildman–Crippen MR) is 132 cm³/mol. The lowest BCUT2D eigenvalue weighted by Crippen LogP contribution is -2.48. The van der Waals surface area contributed by atoms with Crippen LogP contribution in [0.5, 0.6) is 0 Å². The molecule has 176 valence electrons. The Bertz CT molecular complexity index is 1210. The number of nitrogens with zero attached hydrogens (tertiary/aromatic N) is 4. The van der Waals surface area contributed by atoms with Crippen LogP contribution in [-0.4, -0.2) is 45.3 Å². The molecule has 1 aromatic carbocycles. The van der Waals surface area contributed by atoms with Crippen molar-refractivity contribution in [3.05, 3.63) is 59.0 Å². The molecule has 0 bridgehead atoms. The molecule has 1 atom stereocenters. The Morgan fingerprint density at radius 2 is 1.97 bits per heavy atom. The number of piperidine rings is 1. The molecule has 34 heavy (non-hydrogen) atoms. The Morgan fingerprint density at radius 3 is 2.65 bits per heavy atom. The minimum Gasteiger partial charge on any atom is -0.364 e. The largest absolute Gasteiger partial charge is 0.364 e. The molecule has 3 aromatic rings. The first kappa shape index (κ1) is 22.3. The van der Waals surface area contributed by atoms with Crippen LogP contribution < -0.4 is 21.3 Å². The van der Waals surface area contributed by atoms with Crippen LogP contribution in [0.4, 0.5) is 16.6 Å². The molecule has 3 heterocycles. The fourth-order valence-electron chi connectivity index (χ4n) is 4.23. The number of carbonyl (C=O) groups excluding carboxylic acids is 2. The third-order valence-electron chi connectivity index (χ3n) is 6.16. The summed E-state index contributed by atoms with van der Waals surface area (Å²) in [5.74, 6) is 0.883. The second-order valence-electron chi connectivity index (χ2n) is 8.90. The monoisotopic (exact) mass is 477 g/mol. The summed E-state index contributed by atoms with van der Waals surface area (Å²) in [6.45, 7) is 3.28. The third kappa shape index (κ3) is 5.01. The number of nitrogens with two attached hydrogens (primary N) is 1.